The number of aromatic nitrogens is 2. The van der Waals surface area contributed by atoms with Crippen LogP contribution in [0.4, 0.5) is 4.39 Å². The number of H-pyrrole nitrogens is 1. The maximum Gasteiger partial charge on any atom is 0.330 e. The fraction of sp³-hybridized carbons (Fsp3) is 0.667. The summed E-state index contributed by atoms with van der Waals surface area (Å²) in [5.74, 6) is -2.87. The largest absolute Gasteiger partial charge is 0.459 e. The number of hydrogen-bond acceptors (Lipinski definition) is 6. The molecule has 24 heavy (non-hydrogen) atoms. The average molecular weight is 342 g/mol. The molecule has 9 heteroatoms. The van der Waals surface area contributed by atoms with E-state index in [2.05, 4.69) is 4.98 Å². The van der Waals surface area contributed by atoms with Gasteiger partial charge in [0.2, 0.25) is 5.85 Å². The summed E-state index contributed by atoms with van der Waals surface area (Å²) >= 11 is 0. The quantitative estimate of drug-likeness (QED) is 0.799. The second-order valence-corrected chi connectivity index (χ2v) is 6.01. The Labute approximate surface area is 136 Å². The van der Waals surface area contributed by atoms with Crippen molar-refractivity contribution in [1.82, 2.24) is 9.55 Å². The predicted molar refractivity (Wildman–Crippen MR) is 79.0 cm³/mol. The van der Waals surface area contributed by atoms with Crippen molar-refractivity contribution in [1.29, 1.82) is 0 Å². The van der Waals surface area contributed by atoms with Crippen molar-refractivity contribution in [2.24, 2.45) is 5.92 Å². The zero-order valence-electron chi connectivity index (χ0n) is 13.0. The Morgan fingerprint density at radius 1 is 1.38 bits per heavy atom. The number of nitrogens with one attached hydrogen (secondary N) is 1. The molecule has 0 unspecified atom stereocenters. The lowest BCUT2D eigenvalue weighted by Crippen LogP contribution is -2.35. The maximum absolute atomic E-state index is 14.7. The number of rotatable bonds is 4. The van der Waals surface area contributed by atoms with Crippen LogP contribution in [0.1, 0.15) is 31.9 Å². The molecule has 3 rings (SSSR count). The van der Waals surface area contributed by atoms with Crippen LogP contribution in [-0.4, -0.2) is 41.2 Å². The first-order chi connectivity index (χ1) is 11.5. The molecule has 2 aliphatic rings. The third-order valence-electron chi connectivity index (χ3n) is 4.26. The molecule has 2 fully saturated rings. The molecule has 132 valence electrons. The number of nitrogens with zero attached hydrogens (tertiary/aromatic N) is 1. The van der Waals surface area contributed by atoms with Gasteiger partial charge < -0.3 is 14.2 Å². The van der Waals surface area contributed by atoms with Crippen molar-refractivity contribution in [3.63, 3.8) is 0 Å². The van der Waals surface area contributed by atoms with Crippen molar-refractivity contribution in [2.45, 2.75) is 37.8 Å². The molecule has 0 radical (unpaired) electrons. The lowest BCUT2D eigenvalue weighted by atomic mass is 10.0. The minimum atomic E-state index is -2.14. The van der Waals surface area contributed by atoms with Gasteiger partial charge in [0.05, 0.1) is 5.92 Å². The van der Waals surface area contributed by atoms with E-state index in [0.29, 0.717) is 26.1 Å². The molecule has 8 nitrogen and oxygen atoms in total. The molecule has 1 aromatic rings. The normalized spacial score (nSPS) is 28.0. The molecule has 0 amide bonds. The zero-order valence-corrected chi connectivity index (χ0v) is 13.0. The van der Waals surface area contributed by atoms with Crippen molar-refractivity contribution in [3.8, 4) is 0 Å². The summed E-state index contributed by atoms with van der Waals surface area (Å²) in [4.78, 5) is 36.8. The Hall–Kier alpha value is -2.00. The molecule has 1 N–H and O–H groups in total. The molecule has 0 aliphatic carbocycles. The first-order valence-corrected chi connectivity index (χ1v) is 7.89. The van der Waals surface area contributed by atoms with Crippen LogP contribution >= 0.6 is 0 Å². The summed E-state index contributed by atoms with van der Waals surface area (Å²) in [6, 6.07) is 1.16. The van der Waals surface area contributed by atoms with Crippen LogP contribution < -0.4 is 11.2 Å². The van der Waals surface area contributed by atoms with Gasteiger partial charge in [0.1, 0.15) is 6.23 Å². The Bertz CT molecular complexity index is 710. The van der Waals surface area contributed by atoms with Crippen molar-refractivity contribution in [2.75, 3.05) is 19.8 Å². The van der Waals surface area contributed by atoms with Crippen LogP contribution in [0, 0.1) is 5.92 Å². The zero-order chi connectivity index (χ0) is 17.2. The smallest absolute Gasteiger partial charge is 0.330 e. The number of esters is 1. The van der Waals surface area contributed by atoms with E-state index in [4.69, 9.17) is 14.2 Å². The standard InChI is InChI=1S/C15H19FN2O6/c16-15(9-23-13(20)10-3-7-22-8-4-10)5-1-12(24-15)18-6-2-11(19)17-14(18)21/h2,6,10,12H,1,3-5,7-9H2,(H,17,19,21)/t12-,15+/m1/s1. The summed E-state index contributed by atoms with van der Waals surface area (Å²) in [6.45, 7) is 0.472. The van der Waals surface area contributed by atoms with Crippen LogP contribution in [0.15, 0.2) is 21.9 Å². The van der Waals surface area contributed by atoms with E-state index in [1.807, 2.05) is 0 Å². The first kappa shape index (κ1) is 16.8. The van der Waals surface area contributed by atoms with Crippen LogP contribution in [-0.2, 0) is 19.0 Å². The second-order valence-electron chi connectivity index (χ2n) is 6.01. The highest BCUT2D eigenvalue weighted by atomic mass is 19.2. The highest BCUT2D eigenvalue weighted by Gasteiger charge is 2.43. The number of halogens is 1. The van der Waals surface area contributed by atoms with Crippen molar-refractivity contribution < 1.29 is 23.4 Å². The van der Waals surface area contributed by atoms with E-state index in [1.54, 1.807) is 0 Å². The van der Waals surface area contributed by atoms with Gasteiger partial charge in [0, 0.05) is 31.9 Å². The minimum absolute atomic E-state index is 0.00963. The van der Waals surface area contributed by atoms with Gasteiger partial charge in [-0.05, 0) is 19.3 Å². The lowest BCUT2D eigenvalue weighted by Gasteiger charge is -2.24. The number of carbonyl (C=O) groups is 1. The summed E-state index contributed by atoms with van der Waals surface area (Å²) in [7, 11) is 0. The maximum atomic E-state index is 14.7. The monoisotopic (exact) mass is 342 g/mol. The van der Waals surface area contributed by atoms with Crippen molar-refractivity contribution >= 4 is 5.97 Å². The topological polar surface area (TPSA) is 99.6 Å². The number of hydrogen-bond donors (Lipinski definition) is 1. The number of alkyl halides is 1. The van der Waals surface area contributed by atoms with Gasteiger partial charge in [-0.2, -0.15) is 0 Å². The van der Waals surface area contributed by atoms with Crippen LogP contribution in [0.25, 0.3) is 0 Å². The van der Waals surface area contributed by atoms with Gasteiger partial charge in [-0.25, -0.2) is 9.18 Å². The van der Waals surface area contributed by atoms with E-state index >= 15 is 0 Å². The molecule has 1 aromatic heterocycles. The van der Waals surface area contributed by atoms with Gasteiger partial charge in [-0.15, -0.1) is 0 Å². The van der Waals surface area contributed by atoms with Crippen molar-refractivity contribution in [3.05, 3.63) is 33.1 Å². The lowest BCUT2D eigenvalue weighted by molar-refractivity contribution is -0.197. The van der Waals surface area contributed by atoms with Gasteiger partial charge in [0.25, 0.3) is 5.56 Å². The Morgan fingerprint density at radius 2 is 2.12 bits per heavy atom. The molecular weight excluding hydrogens is 323 g/mol. The third kappa shape index (κ3) is 3.73. The molecule has 3 heterocycles. The fourth-order valence-electron chi connectivity index (χ4n) is 2.89. The van der Waals surface area contributed by atoms with E-state index in [-0.39, 0.29) is 18.8 Å². The molecular formula is C15H19FN2O6. The summed E-state index contributed by atoms with van der Waals surface area (Å²) in [5, 5.41) is 0. The molecule has 0 aromatic carbocycles. The SMILES string of the molecule is O=C(OC[C@]1(F)CC[C@H](n2ccc(=O)[nH]c2=O)O1)C1CCOCC1. The second kappa shape index (κ2) is 6.86. The van der Waals surface area contributed by atoms with Gasteiger partial charge in [0.15, 0.2) is 6.61 Å². The molecule has 0 saturated carbocycles. The van der Waals surface area contributed by atoms with Gasteiger partial charge >= 0.3 is 11.7 Å². The number of aromatic amines is 1. The van der Waals surface area contributed by atoms with E-state index in [9.17, 15) is 18.8 Å². The molecule has 2 aliphatic heterocycles. The Kier molecular flexibility index (Phi) is 4.81. The first-order valence-electron chi connectivity index (χ1n) is 7.89. The van der Waals surface area contributed by atoms with Crippen LogP contribution in [0.5, 0.6) is 0 Å². The summed E-state index contributed by atoms with van der Waals surface area (Å²) < 4.78 is 31.3. The van der Waals surface area contributed by atoms with Gasteiger partial charge in [-0.3, -0.25) is 19.1 Å². The summed E-state index contributed by atoms with van der Waals surface area (Å²) in [5.41, 5.74) is -1.21. The predicted octanol–water partition coefficient (Wildman–Crippen LogP) is 0.481. The Balaban J connectivity index is 1.58. The van der Waals surface area contributed by atoms with E-state index in [0.717, 1.165) is 10.6 Å². The van der Waals surface area contributed by atoms with Crippen LogP contribution in [0.2, 0.25) is 0 Å². The molecule has 0 bridgehead atoms. The third-order valence-corrected chi connectivity index (χ3v) is 4.26. The highest BCUT2D eigenvalue weighted by molar-refractivity contribution is 5.72. The molecule has 0 spiro atoms. The fourth-order valence-corrected chi connectivity index (χ4v) is 2.89. The highest BCUT2D eigenvalue weighted by Crippen LogP contribution is 2.37. The minimum Gasteiger partial charge on any atom is -0.459 e. The van der Waals surface area contributed by atoms with Gasteiger partial charge in [-0.1, -0.05) is 0 Å². The van der Waals surface area contributed by atoms with E-state index in [1.165, 1.54) is 6.20 Å². The molecule has 2 atom stereocenters. The van der Waals surface area contributed by atoms with Crippen LogP contribution in [0.3, 0.4) is 0 Å². The summed E-state index contributed by atoms with van der Waals surface area (Å²) in [6.07, 6.45) is 1.76. The number of carbonyl (C=O) groups excluding carboxylic acids is 1. The Morgan fingerprint density at radius 3 is 2.83 bits per heavy atom. The average Bonchev–Trinajstić information content (AvgIpc) is 2.96. The molecule has 2 saturated heterocycles. The van der Waals surface area contributed by atoms with E-state index < -0.39 is 35.9 Å². The number of ether oxygens (including phenoxy) is 3.